The van der Waals surface area contributed by atoms with Crippen LogP contribution in [0.25, 0.3) is 0 Å². The number of H-pyrrole nitrogens is 1. The number of nitro benzene ring substituents is 1. The average molecular weight is 522 g/mol. The third-order valence-electron chi connectivity index (χ3n) is 6.36. The van der Waals surface area contributed by atoms with Gasteiger partial charge in [0, 0.05) is 54.0 Å². The number of aromatic amines is 1. The van der Waals surface area contributed by atoms with Gasteiger partial charge in [-0.1, -0.05) is 18.2 Å². The molecule has 0 saturated carbocycles. The van der Waals surface area contributed by atoms with E-state index in [0.29, 0.717) is 22.7 Å². The molecule has 12 nitrogen and oxygen atoms in total. The number of imidazole rings is 1. The van der Waals surface area contributed by atoms with E-state index in [1.165, 1.54) is 42.7 Å². The molecule has 3 aromatic rings. The van der Waals surface area contributed by atoms with Crippen LogP contribution in [-0.4, -0.2) is 58.5 Å². The number of amides is 2. The molecule has 198 valence electrons. The first kappa shape index (κ1) is 26.3. The molecule has 4 rings (SSSR count). The zero-order chi connectivity index (χ0) is 27.2. The van der Waals surface area contributed by atoms with E-state index in [4.69, 9.17) is 9.47 Å². The van der Waals surface area contributed by atoms with Gasteiger partial charge in [-0.25, -0.2) is 9.78 Å². The maximum Gasteiger partial charge on any atom is 0.328 e. The zero-order valence-electron chi connectivity index (χ0n) is 20.8. The second kappa shape index (κ2) is 11.5. The van der Waals surface area contributed by atoms with Crippen LogP contribution in [0.15, 0.2) is 61.1 Å². The number of hydrogen-bond acceptors (Lipinski definition) is 8. The van der Waals surface area contributed by atoms with E-state index in [0.717, 1.165) is 0 Å². The number of carbonyl (C=O) groups excluding carboxylic acids is 3. The van der Waals surface area contributed by atoms with Crippen LogP contribution >= 0.6 is 0 Å². The molecule has 1 aromatic heterocycles. The van der Waals surface area contributed by atoms with Gasteiger partial charge in [0.1, 0.15) is 17.8 Å². The van der Waals surface area contributed by atoms with Crippen molar-refractivity contribution in [1.82, 2.24) is 15.3 Å². The van der Waals surface area contributed by atoms with Crippen molar-refractivity contribution in [3.8, 4) is 5.75 Å². The highest BCUT2D eigenvalue weighted by Crippen LogP contribution is 2.38. The van der Waals surface area contributed by atoms with Crippen LogP contribution in [0.4, 0.5) is 11.4 Å². The number of para-hydroxylation sites is 1. The molecule has 2 heterocycles. The average Bonchev–Trinajstić information content (AvgIpc) is 3.58. The third kappa shape index (κ3) is 5.80. The van der Waals surface area contributed by atoms with Crippen LogP contribution in [0, 0.1) is 10.1 Å². The molecule has 38 heavy (non-hydrogen) atoms. The highest BCUT2D eigenvalue weighted by Gasteiger charge is 2.35. The first-order valence-electron chi connectivity index (χ1n) is 11.9. The Morgan fingerprint density at radius 3 is 2.68 bits per heavy atom. The molecule has 3 atom stereocenters. The maximum atomic E-state index is 13.7. The van der Waals surface area contributed by atoms with E-state index in [2.05, 4.69) is 15.3 Å². The molecule has 1 aliphatic rings. The third-order valence-corrected chi connectivity index (χ3v) is 6.36. The van der Waals surface area contributed by atoms with Crippen molar-refractivity contribution in [2.75, 3.05) is 18.6 Å². The van der Waals surface area contributed by atoms with Crippen molar-refractivity contribution in [2.45, 2.75) is 37.8 Å². The van der Waals surface area contributed by atoms with Crippen LogP contribution in [-0.2, 0) is 25.5 Å². The number of nitrogens with one attached hydrogen (secondary N) is 2. The summed E-state index contributed by atoms with van der Waals surface area (Å²) in [5.74, 6) is -1.52. The lowest BCUT2D eigenvalue weighted by atomic mass is 9.96. The minimum atomic E-state index is -1.00. The number of hydrogen-bond donors (Lipinski definition) is 2. The molecular weight excluding hydrogens is 494 g/mol. The topological polar surface area (TPSA) is 157 Å². The Kier molecular flexibility index (Phi) is 8.00. The van der Waals surface area contributed by atoms with Gasteiger partial charge in [-0.05, 0) is 25.1 Å². The summed E-state index contributed by atoms with van der Waals surface area (Å²) < 4.78 is 10.5. The smallest absolute Gasteiger partial charge is 0.328 e. The Hall–Kier alpha value is -4.74. The molecule has 1 unspecified atom stereocenters. The first-order valence-corrected chi connectivity index (χ1v) is 11.9. The van der Waals surface area contributed by atoms with E-state index in [1.807, 2.05) is 0 Å². The summed E-state index contributed by atoms with van der Waals surface area (Å²) in [6.07, 6.45) is 3.08. The van der Waals surface area contributed by atoms with Gasteiger partial charge in [0.2, 0.25) is 11.8 Å². The van der Waals surface area contributed by atoms with Gasteiger partial charge in [0.05, 0.1) is 25.0 Å². The molecule has 0 fully saturated rings. The van der Waals surface area contributed by atoms with Crippen LogP contribution < -0.4 is 15.0 Å². The molecule has 12 heteroatoms. The number of aromatic nitrogens is 2. The number of non-ortho nitro benzene ring substituents is 1. The number of rotatable bonds is 10. The zero-order valence-corrected chi connectivity index (χ0v) is 20.8. The van der Waals surface area contributed by atoms with Gasteiger partial charge in [-0.2, -0.15) is 0 Å². The van der Waals surface area contributed by atoms with Crippen molar-refractivity contribution in [1.29, 1.82) is 0 Å². The second-order valence-electron chi connectivity index (χ2n) is 8.83. The van der Waals surface area contributed by atoms with Gasteiger partial charge in [-0.15, -0.1) is 0 Å². The fourth-order valence-electron chi connectivity index (χ4n) is 4.39. The lowest BCUT2D eigenvalue weighted by molar-refractivity contribution is -0.384. The highest BCUT2D eigenvalue weighted by molar-refractivity contribution is 6.01. The van der Waals surface area contributed by atoms with Crippen molar-refractivity contribution < 1.29 is 28.8 Å². The van der Waals surface area contributed by atoms with Gasteiger partial charge in [-0.3, -0.25) is 19.7 Å². The summed E-state index contributed by atoms with van der Waals surface area (Å²) in [7, 11) is 1.23. The highest BCUT2D eigenvalue weighted by atomic mass is 16.6. The summed E-state index contributed by atoms with van der Waals surface area (Å²) in [4.78, 5) is 58.3. The van der Waals surface area contributed by atoms with Crippen molar-refractivity contribution in [2.24, 2.45) is 0 Å². The summed E-state index contributed by atoms with van der Waals surface area (Å²) >= 11 is 0. The van der Waals surface area contributed by atoms with Crippen molar-refractivity contribution >= 4 is 29.2 Å². The number of fused-ring (bicyclic) bond motifs is 1. The molecule has 0 aliphatic carbocycles. The maximum absolute atomic E-state index is 13.7. The number of benzene rings is 2. The Labute approximate surface area is 218 Å². The largest absolute Gasteiger partial charge is 0.493 e. The fraction of sp³-hybridized carbons (Fsp3) is 0.308. The number of ether oxygens (including phenoxy) is 2. The Balaban J connectivity index is 1.55. The van der Waals surface area contributed by atoms with E-state index >= 15 is 0 Å². The van der Waals surface area contributed by atoms with E-state index in [-0.39, 0.29) is 31.0 Å². The van der Waals surface area contributed by atoms with E-state index in [9.17, 15) is 24.5 Å². The monoisotopic (exact) mass is 521 g/mol. The number of nitro groups is 1. The summed E-state index contributed by atoms with van der Waals surface area (Å²) in [6.45, 7) is 1.74. The van der Waals surface area contributed by atoms with Crippen LogP contribution in [0.2, 0.25) is 0 Å². The predicted molar refractivity (Wildman–Crippen MR) is 136 cm³/mol. The number of carbonyl (C=O) groups is 3. The quantitative estimate of drug-likeness (QED) is 0.234. The lowest BCUT2D eigenvalue weighted by Crippen LogP contribution is -2.53. The fourth-order valence-corrected chi connectivity index (χ4v) is 4.39. The molecule has 2 amide bonds. The number of methoxy groups -OCH3 is 1. The van der Waals surface area contributed by atoms with Gasteiger partial charge < -0.3 is 24.7 Å². The predicted octanol–water partition coefficient (Wildman–Crippen LogP) is 2.51. The number of nitrogens with zero attached hydrogens (tertiary/aromatic N) is 3. The van der Waals surface area contributed by atoms with E-state index < -0.39 is 34.8 Å². The summed E-state index contributed by atoms with van der Waals surface area (Å²) in [5.41, 5.74) is 1.59. The van der Waals surface area contributed by atoms with Crippen LogP contribution in [0.3, 0.4) is 0 Å². The number of anilines is 1. The lowest BCUT2D eigenvalue weighted by Gasteiger charge is -2.30. The minimum absolute atomic E-state index is 0.0464. The van der Waals surface area contributed by atoms with Crippen LogP contribution in [0.5, 0.6) is 5.75 Å². The second-order valence-corrected chi connectivity index (χ2v) is 8.83. The van der Waals surface area contributed by atoms with Crippen molar-refractivity contribution in [3.05, 3.63) is 82.4 Å². The molecule has 1 aliphatic heterocycles. The van der Waals surface area contributed by atoms with Gasteiger partial charge in [0.25, 0.3) is 5.69 Å². The Morgan fingerprint density at radius 1 is 1.26 bits per heavy atom. The Bertz CT molecular complexity index is 1310. The molecule has 0 radical (unpaired) electrons. The molecule has 0 spiro atoms. The van der Waals surface area contributed by atoms with Gasteiger partial charge >= 0.3 is 5.97 Å². The normalized spacial score (nSPS) is 15.5. The minimum Gasteiger partial charge on any atom is -0.493 e. The molecule has 0 bridgehead atoms. The number of esters is 1. The van der Waals surface area contributed by atoms with E-state index in [1.54, 1.807) is 37.3 Å². The standard InChI is InChI=1S/C26H27N5O7/c1-16(25(33)29-22(26(34)37-2)11-18-13-27-15-28-18)30(19-6-4-3-5-7-19)24(32)10-17-14-38-23-9-8-20(31(35)36)12-21(17)23/h3-9,12-13,15-17,22H,10-11,14H2,1-2H3,(H,27,28)(H,29,33)/t16-,17?,22-/m0/s1. The summed E-state index contributed by atoms with van der Waals surface area (Å²) in [6, 6.07) is 11.0. The molecular formula is C26H27N5O7. The molecule has 2 aromatic carbocycles. The van der Waals surface area contributed by atoms with Gasteiger partial charge in [0.15, 0.2) is 0 Å². The summed E-state index contributed by atoms with van der Waals surface area (Å²) in [5, 5.41) is 13.9. The SMILES string of the molecule is COC(=O)[C@H](Cc1cnc[nH]1)NC(=O)[C@H](C)N(C(=O)CC1COc2ccc([N+](=O)[O-])cc21)c1ccccc1. The van der Waals surface area contributed by atoms with Crippen LogP contribution in [0.1, 0.15) is 30.5 Å². The molecule has 0 saturated heterocycles. The first-order chi connectivity index (χ1) is 18.3. The van der Waals surface area contributed by atoms with Crippen molar-refractivity contribution in [3.63, 3.8) is 0 Å². The Morgan fingerprint density at radius 2 is 2.03 bits per heavy atom. The molecule has 2 N–H and O–H groups in total.